The van der Waals surface area contributed by atoms with Crippen LogP contribution in [0.3, 0.4) is 0 Å². The summed E-state index contributed by atoms with van der Waals surface area (Å²) >= 11 is 0. The zero-order valence-corrected chi connectivity index (χ0v) is 12.6. The predicted octanol–water partition coefficient (Wildman–Crippen LogP) is 2.63. The van der Waals surface area contributed by atoms with E-state index in [1.807, 2.05) is 36.8 Å². The molecule has 5 heteroatoms. The maximum absolute atomic E-state index is 4.52. The molecule has 0 aliphatic rings. The maximum Gasteiger partial charge on any atom is 0.157 e. The lowest BCUT2D eigenvalue weighted by Gasteiger charge is -2.20. The van der Waals surface area contributed by atoms with Crippen LogP contribution in [-0.4, -0.2) is 26.6 Å². The Morgan fingerprint density at radius 1 is 1.24 bits per heavy atom. The minimum Gasteiger partial charge on any atom is -0.354 e. The molecule has 0 saturated heterocycles. The molecular weight excluding hydrogens is 262 g/mol. The van der Waals surface area contributed by atoms with Crippen molar-refractivity contribution < 1.29 is 0 Å². The van der Waals surface area contributed by atoms with Gasteiger partial charge in [-0.05, 0) is 25.0 Å². The van der Waals surface area contributed by atoms with Crippen molar-refractivity contribution in [3.8, 4) is 0 Å². The summed E-state index contributed by atoms with van der Waals surface area (Å²) in [5.41, 5.74) is 4.16. The van der Waals surface area contributed by atoms with Crippen LogP contribution in [0.5, 0.6) is 0 Å². The Morgan fingerprint density at radius 2 is 2.10 bits per heavy atom. The topological polar surface area (TPSA) is 46.3 Å². The largest absolute Gasteiger partial charge is 0.354 e. The van der Waals surface area contributed by atoms with E-state index in [-0.39, 0.29) is 0 Å². The molecule has 0 aliphatic carbocycles. The SMILES string of the molecule is CCc1ccc(CN(C)c2cc(C)nc3ccnn23)nc1. The van der Waals surface area contributed by atoms with Gasteiger partial charge in [0.15, 0.2) is 5.65 Å². The first-order valence-corrected chi connectivity index (χ1v) is 7.13. The number of nitrogens with zero attached hydrogens (tertiary/aromatic N) is 5. The van der Waals surface area contributed by atoms with E-state index >= 15 is 0 Å². The third kappa shape index (κ3) is 2.72. The van der Waals surface area contributed by atoms with Crippen LogP contribution in [0, 0.1) is 6.92 Å². The summed E-state index contributed by atoms with van der Waals surface area (Å²) in [4.78, 5) is 11.1. The van der Waals surface area contributed by atoms with Gasteiger partial charge in [-0.15, -0.1) is 0 Å². The zero-order chi connectivity index (χ0) is 14.8. The Labute approximate surface area is 124 Å². The van der Waals surface area contributed by atoms with Crippen LogP contribution in [0.15, 0.2) is 36.7 Å². The summed E-state index contributed by atoms with van der Waals surface area (Å²) in [5, 5.41) is 4.34. The fourth-order valence-corrected chi connectivity index (χ4v) is 2.37. The summed E-state index contributed by atoms with van der Waals surface area (Å²) in [6.45, 7) is 4.87. The number of aromatic nitrogens is 4. The molecule has 0 saturated carbocycles. The summed E-state index contributed by atoms with van der Waals surface area (Å²) in [5.74, 6) is 1.02. The lowest BCUT2D eigenvalue weighted by atomic mass is 10.2. The van der Waals surface area contributed by atoms with E-state index in [0.29, 0.717) is 0 Å². The minimum absolute atomic E-state index is 0.738. The zero-order valence-electron chi connectivity index (χ0n) is 12.6. The third-order valence-electron chi connectivity index (χ3n) is 3.55. The van der Waals surface area contributed by atoms with Crippen LogP contribution in [0.1, 0.15) is 23.9 Å². The first kappa shape index (κ1) is 13.5. The molecule has 5 nitrogen and oxygen atoms in total. The van der Waals surface area contributed by atoms with Crippen molar-refractivity contribution in [1.82, 2.24) is 19.6 Å². The predicted molar refractivity (Wildman–Crippen MR) is 83.4 cm³/mol. The monoisotopic (exact) mass is 281 g/mol. The van der Waals surface area contributed by atoms with Crippen molar-refractivity contribution in [3.63, 3.8) is 0 Å². The number of hydrogen-bond acceptors (Lipinski definition) is 4. The van der Waals surface area contributed by atoms with Gasteiger partial charge >= 0.3 is 0 Å². The number of anilines is 1. The van der Waals surface area contributed by atoms with E-state index in [0.717, 1.165) is 35.8 Å². The van der Waals surface area contributed by atoms with Crippen LogP contribution < -0.4 is 4.90 Å². The van der Waals surface area contributed by atoms with Crippen molar-refractivity contribution in [3.05, 3.63) is 53.6 Å². The van der Waals surface area contributed by atoms with Crippen LogP contribution >= 0.6 is 0 Å². The van der Waals surface area contributed by atoms with E-state index in [4.69, 9.17) is 0 Å². The van der Waals surface area contributed by atoms with Gasteiger partial charge < -0.3 is 4.90 Å². The number of hydrogen-bond donors (Lipinski definition) is 0. The Hall–Kier alpha value is -2.43. The minimum atomic E-state index is 0.738. The fourth-order valence-electron chi connectivity index (χ4n) is 2.37. The first-order chi connectivity index (χ1) is 10.2. The first-order valence-electron chi connectivity index (χ1n) is 7.13. The van der Waals surface area contributed by atoms with Crippen LogP contribution in [0.2, 0.25) is 0 Å². The van der Waals surface area contributed by atoms with Gasteiger partial charge in [0.25, 0.3) is 0 Å². The van der Waals surface area contributed by atoms with E-state index < -0.39 is 0 Å². The summed E-state index contributed by atoms with van der Waals surface area (Å²) < 4.78 is 1.85. The maximum atomic E-state index is 4.52. The second kappa shape index (κ2) is 5.52. The molecule has 0 unspecified atom stereocenters. The highest BCUT2D eigenvalue weighted by atomic mass is 15.3. The van der Waals surface area contributed by atoms with Gasteiger partial charge in [-0.2, -0.15) is 9.61 Å². The molecule has 0 atom stereocenters. The van der Waals surface area contributed by atoms with Crippen LogP contribution in [-0.2, 0) is 13.0 Å². The number of aryl methyl sites for hydroxylation is 2. The van der Waals surface area contributed by atoms with Gasteiger partial charge in [0.05, 0.1) is 18.4 Å². The molecule has 0 N–H and O–H groups in total. The molecule has 0 fully saturated rings. The van der Waals surface area contributed by atoms with Crippen molar-refractivity contribution in [2.45, 2.75) is 26.8 Å². The van der Waals surface area contributed by atoms with E-state index in [2.05, 4.69) is 39.0 Å². The molecule has 0 aliphatic heterocycles. The quantitative estimate of drug-likeness (QED) is 0.737. The molecule has 0 spiro atoms. The highest BCUT2D eigenvalue weighted by molar-refractivity contribution is 5.50. The lowest BCUT2D eigenvalue weighted by Crippen LogP contribution is -2.20. The molecule has 0 bridgehead atoms. The molecular formula is C16H19N5. The lowest BCUT2D eigenvalue weighted by molar-refractivity contribution is 0.811. The summed E-state index contributed by atoms with van der Waals surface area (Å²) in [7, 11) is 2.05. The van der Waals surface area contributed by atoms with Crippen molar-refractivity contribution in [2.24, 2.45) is 0 Å². The molecule has 3 aromatic heterocycles. The highest BCUT2D eigenvalue weighted by Crippen LogP contribution is 2.17. The number of fused-ring (bicyclic) bond motifs is 1. The van der Waals surface area contributed by atoms with Gasteiger partial charge in [-0.1, -0.05) is 13.0 Å². The van der Waals surface area contributed by atoms with E-state index in [1.165, 1.54) is 5.56 Å². The Kier molecular flexibility index (Phi) is 3.56. The highest BCUT2D eigenvalue weighted by Gasteiger charge is 2.10. The average molecular weight is 281 g/mol. The number of pyridine rings is 1. The molecule has 3 rings (SSSR count). The summed E-state index contributed by atoms with van der Waals surface area (Å²) in [6.07, 6.45) is 4.73. The second-order valence-corrected chi connectivity index (χ2v) is 5.22. The summed E-state index contributed by atoms with van der Waals surface area (Å²) in [6, 6.07) is 8.18. The van der Waals surface area contributed by atoms with E-state index in [9.17, 15) is 0 Å². The Morgan fingerprint density at radius 3 is 2.81 bits per heavy atom. The fraction of sp³-hybridized carbons (Fsp3) is 0.312. The number of rotatable bonds is 4. The van der Waals surface area contributed by atoms with Gasteiger partial charge in [0.1, 0.15) is 5.82 Å². The van der Waals surface area contributed by atoms with Crippen molar-refractivity contribution in [2.75, 3.05) is 11.9 Å². The molecule has 0 amide bonds. The van der Waals surface area contributed by atoms with Crippen molar-refractivity contribution in [1.29, 1.82) is 0 Å². The Bertz CT molecular complexity index is 745. The van der Waals surface area contributed by atoms with Gasteiger partial charge in [0.2, 0.25) is 0 Å². The van der Waals surface area contributed by atoms with E-state index in [1.54, 1.807) is 6.20 Å². The van der Waals surface area contributed by atoms with Gasteiger partial charge in [0, 0.05) is 31.1 Å². The molecule has 0 radical (unpaired) electrons. The molecule has 108 valence electrons. The molecule has 3 heterocycles. The normalized spacial score (nSPS) is 11.0. The van der Waals surface area contributed by atoms with Crippen LogP contribution in [0.25, 0.3) is 5.65 Å². The van der Waals surface area contributed by atoms with Gasteiger partial charge in [-0.3, -0.25) is 4.98 Å². The third-order valence-corrected chi connectivity index (χ3v) is 3.55. The Balaban J connectivity index is 1.89. The smallest absolute Gasteiger partial charge is 0.157 e. The molecule has 0 aromatic carbocycles. The standard InChI is InChI=1S/C16H19N5/c1-4-13-5-6-14(17-10-13)11-20(3)16-9-12(2)19-15-7-8-18-21(15)16/h5-10H,4,11H2,1-3H3. The van der Waals surface area contributed by atoms with Gasteiger partial charge in [-0.25, -0.2) is 4.98 Å². The average Bonchev–Trinajstić information content (AvgIpc) is 2.95. The molecule has 21 heavy (non-hydrogen) atoms. The molecule has 3 aromatic rings. The second-order valence-electron chi connectivity index (χ2n) is 5.22. The van der Waals surface area contributed by atoms with Crippen LogP contribution in [0.4, 0.5) is 5.82 Å². The van der Waals surface area contributed by atoms with Crippen molar-refractivity contribution >= 4 is 11.5 Å².